The van der Waals surface area contributed by atoms with Crippen molar-refractivity contribution in [2.45, 2.75) is 78.2 Å². The second kappa shape index (κ2) is 4.60. The van der Waals surface area contributed by atoms with Crippen molar-refractivity contribution >= 4 is 0 Å². The van der Waals surface area contributed by atoms with Crippen LogP contribution in [-0.2, 0) is 0 Å². The van der Waals surface area contributed by atoms with Crippen LogP contribution in [0.4, 0.5) is 0 Å². The molecule has 0 aliphatic heterocycles. The van der Waals surface area contributed by atoms with Gasteiger partial charge in [-0.25, -0.2) is 0 Å². The number of allylic oxidation sites excluding steroid dienone is 2. The van der Waals surface area contributed by atoms with Crippen molar-refractivity contribution in [3.63, 3.8) is 0 Å². The lowest BCUT2D eigenvalue weighted by atomic mass is 9.46. The zero-order valence-corrected chi connectivity index (χ0v) is 14.1. The van der Waals surface area contributed by atoms with Crippen molar-refractivity contribution in [3.05, 3.63) is 11.6 Å². The number of aliphatic hydroxyl groups excluding tert-OH is 1. The van der Waals surface area contributed by atoms with Crippen LogP contribution in [0.1, 0.15) is 72.1 Å². The van der Waals surface area contributed by atoms with Crippen LogP contribution in [0.5, 0.6) is 0 Å². The van der Waals surface area contributed by atoms with E-state index in [-0.39, 0.29) is 11.5 Å². The van der Waals surface area contributed by atoms with Crippen LogP contribution in [0, 0.1) is 34.5 Å². The molecule has 3 saturated carbocycles. The Balaban J connectivity index is 1.72. The van der Waals surface area contributed by atoms with Crippen LogP contribution < -0.4 is 0 Å². The van der Waals surface area contributed by atoms with E-state index in [1.165, 1.54) is 44.9 Å². The van der Waals surface area contributed by atoms with Gasteiger partial charge in [-0.05, 0) is 85.9 Å². The summed E-state index contributed by atoms with van der Waals surface area (Å²) < 4.78 is 0. The molecule has 1 nitrogen and oxygen atoms in total. The first-order valence-corrected chi connectivity index (χ1v) is 9.35. The topological polar surface area (TPSA) is 20.2 Å². The van der Waals surface area contributed by atoms with Crippen LogP contribution in [0.15, 0.2) is 11.6 Å². The van der Waals surface area contributed by atoms with Crippen molar-refractivity contribution in [1.29, 1.82) is 0 Å². The number of aliphatic hydroxyl groups is 1. The molecular formula is C20H32O. The van der Waals surface area contributed by atoms with E-state index in [1.807, 2.05) is 0 Å². The van der Waals surface area contributed by atoms with Gasteiger partial charge >= 0.3 is 0 Å². The van der Waals surface area contributed by atoms with Gasteiger partial charge in [0.15, 0.2) is 0 Å². The minimum atomic E-state index is -0.0325. The maximum Gasteiger partial charge on any atom is 0.0596 e. The highest BCUT2D eigenvalue weighted by atomic mass is 16.3. The van der Waals surface area contributed by atoms with E-state index in [0.29, 0.717) is 5.41 Å². The normalized spacial score (nSPS) is 56.2. The third kappa shape index (κ3) is 1.79. The summed E-state index contributed by atoms with van der Waals surface area (Å²) in [6, 6.07) is 0. The Hall–Kier alpha value is -0.300. The lowest BCUT2D eigenvalue weighted by Crippen LogP contribution is -2.52. The molecule has 21 heavy (non-hydrogen) atoms. The number of hydrogen-bond donors (Lipinski definition) is 1. The largest absolute Gasteiger partial charge is 0.393 e. The molecule has 1 N–H and O–H groups in total. The van der Waals surface area contributed by atoms with E-state index in [4.69, 9.17) is 0 Å². The highest BCUT2D eigenvalue weighted by Gasteiger charge is 2.59. The number of rotatable bonds is 0. The van der Waals surface area contributed by atoms with Gasteiger partial charge in [0.2, 0.25) is 0 Å². The zero-order valence-electron chi connectivity index (χ0n) is 14.1. The predicted octanol–water partition coefficient (Wildman–Crippen LogP) is 4.95. The summed E-state index contributed by atoms with van der Waals surface area (Å²) in [5.74, 6) is 3.32. The molecule has 118 valence electrons. The molecule has 0 spiro atoms. The minimum absolute atomic E-state index is 0.0325. The fraction of sp³-hybridized carbons (Fsp3) is 0.900. The molecule has 0 aromatic heterocycles. The Morgan fingerprint density at radius 3 is 2.71 bits per heavy atom. The fourth-order valence-corrected chi connectivity index (χ4v) is 7.18. The van der Waals surface area contributed by atoms with Crippen LogP contribution in [0.25, 0.3) is 0 Å². The van der Waals surface area contributed by atoms with Crippen LogP contribution in [-0.4, -0.2) is 11.2 Å². The molecule has 4 rings (SSSR count). The summed E-state index contributed by atoms with van der Waals surface area (Å²) >= 11 is 0. The van der Waals surface area contributed by atoms with Gasteiger partial charge in [0, 0.05) is 0 Å². The molecule has 0 aromatic carbocycles. The summed E-state index contributed by atoms with van der Waals surface area (Å²) in [4.78, 5) is 0. The van der Waals surface area contributed by atoms with E-state index in [9.17, 15) is 5.11 Å². The van der Waals surface area contributed by atoms with Gasteiger partial charge < -0.3 is 5.11 Å². The SMILES string of the molecule is C[C@H]1CC2C(CCC3(C)C(O)CCC23)C2(C)CCCC=C12. The van der Waals surface area contributed by atoms with Gasteiger partial charge in [-0.2, -0.15) is 0 Å². The third-order valence-corrected chi connectivity index (χ3v) is 8.29. The Morgan fingerprint density at radius 1 is 1.10 bits per heavy atom. The van der Waals surface area contributed by atoms with Gasteiger partial charge in [-0.15, -0.1) is 0 Å². The lowest BCUT2D eigenvalue weighted by molar-refractivity contribution is -0.0811. The van der Waals surface area contributed by atoms with E-state index in [2.05, 4.69) is 26.8 Å². The molecule has 7 atom stereocenters. The van der Waals surface area contributed by atoms with E-state index < -0.39 is 0 Å². The summed E-state index contributed by atoms with van der Waals surface area (Å²) in [5.41, 5.74) is 2.51. The zero-order chi connectivity index (χ0) is 14.8. The van der Waals surface area contributed by atoms with E-state index in [1.54, 1.807) is 5.57 Å². The first kappa shape index (κ1) is 14.3. The van der Waals surface area contributed by atoms with Crippen LogP contribution in [0.2, 0.25) is 0 Å². The van der Waals surface area contributed by atoms with Crippen molar-refractivity contribution in [2.75, 3.05) is 0 Å². The van der Waals surface area contributed by atoms with Gasteiger partial charge in [-0.1, -0.05) is 32.4 Å². The Morgan fingerprint density at radius 2 is 1.90 bits per heavy atom. The molecule has 1 heteroatoms. The van der Waals surface area contributed by atoms with Crippen molar-refractivity contribution < 1.29 is 5.11 Å². The molecule has 0 radical (unpaired) electrons. The number of fused-ring (bicyclic) bond motifs is 5. The molecule has 4 aliphatic carbocycles. The van der Waals surface area contributed by atoms with Gasteiger partial charge in [0.1, 0.15) is 0 Å². The average molecular weight is 288 g/mol. The highest BCUT2D eigenvalue weighted by Crippen LogP contribution is 2.66. The maximum atomic E-state index is 10.5. The highest BCUT2D eigenvalue weighted by molar-refractivity contribution is 5.26. The molecule has 4 aliphatic rings. The molecular weight excluding hydrogens is 256 g/mol. The molecule has 6 unspecified atom stereocenters. The standard InChI is InChI=1S/C20H32O/c1-13-12-14-16-7-8-18(21)20(16,3)11-9-17(14)19(2)10-5-4-6-15(13)19/h6,13-14,16-18,21H,4-5,7-12H2,1-3H3/t13-,14?,16?,17?,18?,19?,20?/m0/s1. The second-order valence-electron chi connectivity index (χ2n) is 9.12. The number of hydrogen-bond acceptors (Lipinski definition) is 1. The summed E-state index contributed by atoms with van der Waals surface area (Å²) in [6.07, 6.45) is 13.0. The summed E-state index contributed by atoms with van der Waals surface area (Å²) in [7, 11) is 0. The van der Waals surface area contributed by atoms with E-state index in [0.717, 1.165) is 30.1 Å². The molecule has 0 bridgehead atoms. The molecule has 0 saturated heterocycles. The maximum absolute atomic E-state index is 10.5. The summed E-state index contributed by atoms with van der Waals surface area (Å²) in [5, 5.41) is 10.5. The first-order chi connectivity index (χ1) is 9.97. The predicted molar refractivity (Wildman–Crippen MR) is 86.9 cm³/mol. The lowest BCUT2D eigenvalue weighted by Gasteiger charge is -2.59. The fourth-order valence-electron chi connectivity index (χ4n) is 7.18. The monoisotopic (exact) mass is 288 g/mol. The van der Waals surface area contributed by atoms with Gasteiger partial charge in [-0.3, -0.25) is 0 Å². The molecule has 3 fully saturated rings. The van der Waals surface area contributed by atoms with Crippen molar-refractivity contribution in [2.24, 2.45) is 34.5 Å². The van der Waals surface area contributed by atoms with Gasteiger partial charge in [0.25, 0.3) is 0 Å². The smallest absolute Gasteiger partial charge is 0.0596 e. The Bertz CT molecular complexity index is 466. The second-order valence-corrected chi connectivity index (χ2v) is 9.12. The van der Waals surface area contributed by atoms with Crippen LogP contribution in [0.3, 0.4) is 0 Å². The van der Waals surface area contributed by atoms with E-state index >= 15 is 0 Å². The Kier molecular flexibility index (Phi) is 3.13. The van der Waals surface area contributed by atoms with Crippen molar-refractivity contribution in [3.8, 4) is 0 Å². The average Bonchev–Trinajstić information content (AvgIpc) is 2.75. The summed E-state index contributed by atoms with van der Waals surface area (Å²) in [6.45, 7) is 7.45. The Labute approximate surface area is 130 Å². The molecule has 0 aromatic rings. The van der Waals surface area contributed by atoms with Crippen molar-refractivity contribution in [1.82, 2.24) is 0 Å². The first-order valence-electron chi connectivity index (χ1n) is 9.35. The third-order valence-electron chi connectivity index (χ3n) is 8.29. The molecule has 0 amide bonds. The van der Waals surface area contributed by atoms with Crippen LogP contribution >= 0.6 is 0 Å². The quantitative estimate of drug-likeness (QED) is 0.626. The molecule has 0 heterocycles. The minimum Gasteiger partial charge on any atom is -0.393 e. The van der Waals surface area contributed by atoms with Gasteiger partial charge in [0.05, 0.1) is 6.10 Å².